The number of carbonyl (C=O) groups is 3. The first kappa shape index (κ1) is 15.4. The molecule has 1 atom stereocenters. The van der Waals surface area contributed by atoms with Crippen LogP contribution in [0.25, 0.3) is 0 Å². The van der Waals surface area contributed by atoms with E-state index in [-0.39, 0.29) is 5.56 Å². The standard InChI is InChI=1S/C12H14N2O6/c1-6-3-4-7(11(18)14(6)2)10(17)13-8(12(19)20)5-9(15)16/h3-4,8H,5H2,1-2H3,(H,13,17)(H,15,16)(H,19,20). The molecule has 1 rings (SSSR count). The average molecular weight is 282 g/mol. The van der Waals surface area contributed by atoms with Crippen molar-refractivity contribution in [2.75, 3.05) is 0 Å². The molecule has 0 radical (unpaired) electrons. The highest BCUT2D eigenvalue weighted by molar-refractivity contribution is 5.97. The molecule has 0 aliphatic carbocycles. The molecule has 1 aromatic rings. The van der Waals surface area contributed by atoms with Gasteiger partial charge in [-0.3, -0.25) is 14.4 Å². The Bertz CT molecular complexity index is 619. The highest BCUT2D eigenvalue weighted by atomic mass is 16.4. The second-order valence-corrected chi connectivity index (χ2v) is 4.21. The molecule has 3 N–H and O–H groups in total. The summed E-state index contributed by atoms with van der Waals surface area (Å²) < 4.78 is 1.24. The van der Waals surface area contributed by atoms with Gasteiger partial charge in [0.25, 0.3) is 11.5 Å². The summed E-state index contributed by atoms with van der Waals surface area (Å²) in [5.41, 5.74) is -0.191. The minimum Gasteiger partial charge on any atom is -0.481 e. The average Bonchev–Trinajstić information content (AvgIpc) is 2.34. The summed E-state index contributed by atoms with van der Waals surface area (Å²) in [6.45, 7) is 1.67. The number of rotatable bonds is 5. The largest absolute Gasteiger partial charge is 0.481 e. The monoisotopic (exact) mass is 282 g/mol. The Morgan fingerprint density at radius 3 is 2.40 bits per heavy atom. The van der Waals surface area contributed by atoms with E-state index < -0.39 is 35.9 Å². The number of carboxylic acids is 2. The van der Waals surface area contributed by atoms with Crippen molar-refractivity contribution in [1.82, 2.24) is 9.88 Å². The van der Waals surface area contributed by atoms with Crippen LogP contribution in [0, 0.1) is 6.92 Å². The first-order valence-corrected chi connectivity index (χ1v) is 5.66. The van der Waals surface area contributed by atoms with Crippen molar-refractivity contribution < 1.29 is 24.6 Å². The van der Waals surface area contributed by atoms with Crippen LogP contribution >= 0.6 is 0 Å². The van der Waals surface area contributed by atoms with Gasteiger partial charge in [0.1, 0.15) is 11.6 Å². The topological polar surface area (TPSA) is 126 Å². The van der Waals surface area contributed by atoms with Gasteiger partial charge >= 0.3 is 11.9 Å². The second-order valence-electron chi connectivity index (χ2n) is 4.21. The van der Waals surface area contributed by atoms with Crippen LogP contribution in [0.3, 0.4) is 0 Å². The Labute approximate surface area is 113 Å². The van der Waals surface area contributed by atoms with E-state index in [0.29, 0.717) is 5.69 Å². The summed E-state index contributed by atoms with van der Waals surface area (Å²) in [5.74, 6) is -3.77. The summed E-state index contributed by atoms with van der Waals surface area (Å²) in [7, 11) is 1.47. The minimum atomic E-state index is -1.59. The molecule has 0 saturated heterocycles. The number of hydrogen-bond donors (Lipinski definition) is 3. The molecule has 1 amide bonds. The maximum atomic E-state index is 11.8. The molecule has 0 spiro atoms. The molecule has 0 aliphatic heterocycles. The van der Waals surface area contributed by atoms with E-state index in [1.54, 1.807) is 6.92 Å². The zero-order valence-electron chi connectivity index (χ0n) is 10.9. The van der Waals surface area contributed by atoms with Crippen LogP contribution in [0.5, 0.6) is 0 Å². The number of nitrogens with zero attached hydrogens (tertiary/aromatic N) is 1. The van der Waals surface area contributed by atoms with Crippen molar-refractivity contribution in [2.45, 2.75) is 19.4 Å². The lowest BCUT2D eigenvalue weighted by Gasteiger charge is -2.13. The molecule has 1 heterocycles. The van der Waals surface area contributed by atoms with E-state index >= 15 is 0 Å². The number of pyridine rings is 1. The number of amides is 1. The number of nitrogens with one attached hydrogen (secondary N) is 1. The van der Waals surface area contributed by atoms with E-state index in [1.165, 1.54) is 23.7 Å². The lowest BCUT2D eigenvalue weighted by molar-refractivity contribution is -0.145. The minimum absolute atomic E-state index is 0.241. The fraction of sp³-hybridized carbons (Fsp3) is 0.333. The molecule has 1 unspecified atom stereocenters. The Hall–Kier alpha value is -2.64. The van der Waals surface area contributed by atoms with Gasteiger partial charge in [-0.2, -0.15) is 0 Å². The highest BCUT2D eigenvalue weighted by Gasteiger charge is 2.24. The number of aromatic nitrogens is 1. The second kappa shape index (κ2) is 6.00. The fourth-order valence-corrected chi connectivity index (χ4v) is 1.51. The molecule has 20 heavy (non-hydrogen) atoms. The zero-order chi connectivity index (χ0) is 15.4. The molecule has 8 heteroatoms. The van der Waals surface area contributed by atoms with Crippen LogP contribution in [-0.4, -0.2) is 38.7 Å². The third-order valence-corrected chi connectivity index (χ3v) is 2.78. The molecule has 1 aromatic heterocycles. The van der Waals surface area contributed by atoms with Gasteiger partial charge in [-0.1, -0.05) is 0 Å². The summed E-state index contributed by atoms with van der Waals surface area (Å²) in [6.07, 6.45) is -0.771. The van der Waals surface area contributed by atoms with Gasteiger partial charge in [0.2, 0.25) is 0 Å². The van der Waals surface area contributed by atoms with Crippen molar-refractivity contribution >= 4 is 17.8 Å². The summed E-state index contributed by atoms with van der Waals surface area (Å²) in [4.78, 5) is 45.1. The molecule has 0 saturated carbocycles. The van der Waals surface area contributed by atoms with E-state index in [9.17, 15) is 19.2 Å². The lowest BCUT2D eigenvalue weighted by Crippen LogP contribution is -2.44. The van der Waals surface area contributed by atoms with Crippen LogP contribution in [0.2, 0.25) is 0 Å². The van der Waals surface area contributed by atoms with Crippen LogP contribution in [0.15, 0.2) is 16.9 Å². The van der Waals surface area contributed by atoms with Crippen LogP contribution in [0.1, 0.15) is 22.5 Å². The molecular weight excluding hydrogens is 268 g/mol. The summed E-state index contributed by atoms with van der Waals surface area (Å²) in [6, 6.07) is 1.21. The van der Waals surface area contributed by atoms with Gasteiger partial charge in [-0.15, -0.1) is 0 Å². The molecule has 0 bridgehead atoms. The Balaban J connectivity index is 3.01. The third kappa shape index (κ3) is 3.44. The van der Waals surface area contributed by atoms with Crippen LogP contribution < -0.4 is 10.9 Å². The van der Waals surface area contributed by atoms with Gasteiger partial charge < -0.3 is 20.1 Å². The molecule has 0 aromatic carbocycles. The van der Waals surface area contributed by atoms with Gasteiger partial charge in [-0.05, 0) is 19.1 Å². The number of aliphatic carboxylic acids is 2. The van der Waals surface area contributed by atoms with Gasteiger partial charge in [0, 0.05) is 12.7 Å². The SMILES string of the molecule is Cc1ccc(C(=O)NC(CC(=O)O)C(=O)O)c(=O)n1C. The Morgan fingerprint density at radius 1 is 1.30 bits per heavy atom. The molecule has 0 fully saturated rings. The van der Waals surface area contributed by atoms with Crippen molar-refractivity contribution in [3.63, 3.8) is 0 Å². The maximum Gasteiger partial charge on any atom is 0.326 e. The maximum absolute atomic E-state index is 11.8. The zero-order valence-corrected chi connectivity index (χ0v) is 10.9. The smallest absolute Gasteiger partial charge is 0.326 e. The predicted octanol–water partition coefficient (Wildman–Crippen LogP) is -0.649. The molecule has 108 valence electrons. The molecular formula is C12H14N2O6. The number of carbonyl (C=O) groups excluding carboxylic acids is 1. The number of hydrogen-bond acceptors (Lipinski definition) is 4. The summed E-state index contributed by atoms with van der Waals surface area (Å²) >= 11 is 0. The van der Waals surface area contributed by atoms with Crippen LogP contribution in [0.4, 0.5) is 0 Å². The van der Waals surface area contributed by atoms with Crippen molar-refractivity contribution in [3.8, 4) is 0 Å². The predicted molar refractivity (Wildman–Crippen MR) is 67.6 cm³/mol. The first-order chi connectivity index (χ1) is 9.23. The van der Waals surface area contributed by atoms with E-state index in [0.717, 1.165) is 0 Å². The Morgan fingerprint density at radius 2 is 1.90 bits per heavy atom. The van der Waals surface area contributed by atoms with Gasteiger partial charge in [-0.25, -0.2) is 4.79 Å². The summed E-state index contributed by atoms with van der Waals surface area (Å²) in [5, 5.41) is 19.4. The van der Waals surface area contributed by atoms with E-state index in [1.807, 2.05) is 5.32 Å². The Kier molecular flexibility index (Phi) is 4.63. The van der Waals surface area contributed by atoms with Crippen molar-refractivity contribution in [2.24, 2.45) is 7.05 Å². The lowest BCUT2D eigenvalue weighted by atomic mass is 10.1. The highest BCUT2D eigenvalue weighted by Crippen LogP contribution is 1.99. The molecule has 8 nitrogen and oxygen atoms in total. The van der Waals surface area contributed by atoms with E-state index in [4.69, 9.17) is 10.2 Å². The van der Waals surface area contributed by atoms with Crippen LogP contribution in [-0.2, 0) is 16.6 Å². The first-order valence-electron chi connectivity index (χ1n) is 5.66. The van der Waals surface area contributed by atoms with E-state index in [2.05, 4.69) is 0 Å². The fourth-order valence-electron chi connectivity index (χ4n) is 1.51. The van der Waals surface area contributed by atoms with Crippen molar-refractivity contribution in [3.05, 3.63) is 33.7 Å². The quantitative estimate of drug-likeness (QED) is 0.659. The molecule has 0 aliphatic rings. The third-order valence-electron chi connectivity index (χ3n) is 2.78. The number of carboxylic acid groups (broad SMARTS) is 2. The normalized spacial score (nSPS) is 11.7. The van der Waals surface area contributed by atoms with Gasteiger partial charge in [0.15, 0.2) is 0 Å². The number of aryl methyl sites for hydroxylation is 1. The van der Waals surface area contributed by atoms with Crippen molar-refractivity contribution in [1.29, 1.82) is 0 Å². The van der Waals surface area contributed by atoms with Gasteiger partial charge in [0.05, 0.1) is 6.42 Å².